The van der Waals surface area contributed by atoms with Gasteiger partial charge in [-0.05, 0) is 32.2 Å². The summed E-state index contributed by atoms with van der Waals surface area (Å²) < 4.78 is 0. The highest BCUT2D eigenvalue weighted by atomic mass is 15.2. The maximum atomic E-state index is 3.59. The predicted octanol–water partition coefficient (Wildman–Crippen LogP) is 2.10. The molecule has 1 aliphatic rings. The molecule has 2 atom stereocenters. The fourth-order valence-corrected chi connectivity index (χ4v) is 2.00. The molecular formula is C12H26N2. The Balaban J connectivity index is 2.32. The molecule has 0 spiro atoms. The van der Waals surface area contributed by atoms with Crippen LogP contribution in [-0.2, 0) is 0 Å². The third-order valence-electron chi connectivity index (χ3n) is 3.27. The average Bonchev–Trinajstić information content (AvgIpc) is 2.16. The van der Waals surface area contributed by atoms with E-state index in [1.165, 1.54) is 25.9 Å². The Morgan fingerprint density at radius 2 is 2.14 bits per heavy atom. The zero-order valence-electron chi connectivity index (χ0n) is 10.2. The first-order valence-electron chi connectivity index (χ1n) is 6.11. The Hall–Kier alpha value is -0.0800. The fourth-order valence-electron chi connectivity index (χ4n) is 2.00. The zero-order chi connectivity index (χ0) is 10.6. The van der Waals surface area contributed by atoms with Gasteiger partial charge in [0.1, 0.15) is 0 Å². The van der Waals surface area contributed by atoms with Crippen molar-refractivity contribution in [3.63, 3.8) is 0 Å². The first-order chi connectivity index (χ1) is 6.63. The van der Waals surface area contributed by atoms with Crippen LogP contribution in [0.25, 0.3) is 0 Å². The summed E-state index contributed by atoms with van der Waals surface area (Å²) >= 11 is 0. The summed E-state index contributed by atoms with van der Waals surface area (Å²) in [6.45, 7) is 12.9. The standard InChI is InChI=1S/C12H26N2/c1-5-12-9-14(7-6-10(2)3)11(4)8-13-12/h10-13H,5-9H2,1-4H3. The molecule has 0 aromatic carbocycles. The Morgan fingerprint density at radius 1 is 1.43 bits per heavy atom. The van der Waals surface area contributed by atoms with Gasteiger partial charge in [0.2, 0.25) is 0 Å². The third kappa shape index (κ3) is 3.58. The van der Waals surface area contributed by atoms with Gasteiger partial charge in [0.25, 0.3) is 0 Å². The van der Waals surface area contributed by atoms with Crippen LogP contribution in [0.4, 0.5) is 0 Å². The lowest BCUT2D eigenvalue weighted by molar-refractivity contribution is 0.133. The lowest BCUT2D eigenvalue weighted by Crippen LogP contribution is -2.55. The van der Waals surface area contributed by atoms with Crippen molar-refractivity contribution in [2.24, 2.45) is 5.92 Å². The van der Waals surface area contributed by atoms with Crippen molar-refractivity contribution in [3.8, 4) is 0 Å². The van der Waals surface area contributed by atoms with Gasteiger partial charge in [-0.25, -0.2) is 0 Å². The second-order valence-electron chi connectivity index (χ2n) is 5.04. The van der Waals surface area contributed by atoms with Crippen LogP contribution in [0.1, 0.15) is 40.5 Å². The topological polar surface area (TPSA) is 15.3 Å². The minimum absolute atomic E-state index is 0.719. The number of hydrogen-bond donors (Lipinski definition) is 1. The Morgan fingerprint density at radius 3 is 2.71 bits per heavy atom. The van der Waals surface area contributed by atoms with Crippen LogP contribution >= 0.6 is 0 Å². The predicted molar refractivity (Wildman–Crippen MR) is 62.6 cm³/mol. The molecule has 0 aliphatic carbocycles. The van der Waals surface area contributed by atoms with E-state index < -0.39 is 0 Å². The Bertz CT molecular complexity index is 156. The van der Waals surface area contributed by atoms with E-state index >= 15 is 0 Å². The third-order valence-corrected chi connectivity index (χ3v) is 3.27. The quantitative estimate of drug-likeness (QED) is 0.744. The molecule has 1 N–H and O–H groups in total. The van der Waals surface area contributed by atoms with Crippen LogP contribution in [0.2, 0.25) is 0 Å². The molecule has 0 amide bonds. The molecule has 0 radical (unpaired) electrons. The van der Waals surface area contributed by atoms with Crippen molar-refractivity contribution in [2.75, 3.05) is 19.6 Å². The van der Waals surface area contributed by atoms with Gasteiger partial charge in [0.05, 0.1) is 0 Å². The molecule has 1 heterocycles. The van der Waals surface area contributed by atoms with E-state index in [0.717, 1.165) is 24.5 Å². The highest BCUT2D eigenvalue weighted by molar-refractivity contribution is 4.82. The Labute approximate surface area is 89.1 Å². The number of nitrogens with zero attached hydrogens (tertiary/aromatic N) is 1. The van der Waals surface area contributed by atoms with Crippen molar-refractivity contribution >= 4 is 0 Å². The highest BCUT2D eigenvalue weighted by Crippen LogP contribution is 2.11. The molecule has 1 fully saturated rings. The van der Waals surface area contributed by atoms with Gasteiger partial charge in [-0.1, -0.05) is 20.8 Å². The maximum absolute atomic E-state index is 3.59. The van der Waals surface area contributed by atoms with Crippen LogP contribution in [0, 0.1) is 5.92 Å². The lowest BCUT2D eigenvalue weighted by atomic mass is 10.1. The zero-order valence-corrected chi connectivity index (χ0v) is 10.2. The van der Waals surface area contributed by atoms with Crippen molar-refractivity contribution in [1.82, 2.24) is 10.2 Å². The minimum atomic E-state index is 0.719. The Kier molecular flexibility index (Phi) is 4.90. The number of hydrogen-bond acceptors (Lipinski definition) is 2. The maximum Gasteiger partial charge on any atom is 0.0193 e. The van der Waals surface area contributed by atoms with Crippen molar-refractivity contribution < 1.29 is 0 Å². The van der Waals surface area contributed by atoms with E-state index in [-0.39, 0.29) is 0 Å². The molecule has 1 rings (SSSR count). The fraction of sp³-hybridized carbons (Fsp3) is 1.00. The summed E-state index contributed by atoms with van der Waals surface area (Å²) in [6.07, 6.45) is 2.59. The van der Waals surface area contributed by atoms with E-state index in [9.17, 15) is 0 Å². The molecular weight excluding hydrogens is 172 g/mol. The molecule has 0 bridgehead atoms. The van der Waals surface area contributed by atoms with E-state index in [4.69, 9.17) is 0 Å². The van der Waals surface area contributed by atoms with Crippen molar-refractivity contribution in [1.29, 1.82) is 0 Å². The van der Waals surface area contributed by atoms with Gasteiger partial charge in [0, 0.05) is 25.2 Å². The number of piperazine rings is 1. The van der Waals surface area contributed by atoms with Gasteiger partial charge >= 0.3 is 0 Å². The minimum Gasteiger partial charge on any atom is -0.311 e. The van der Waals surface area contributed by atoms with Crippen LogP contribution in [0.15, 0.2) is 0 Å². The smallest absolute Gasteiger partial charge is 0.0193 e. The average molecular weight is 198 g/mol. The molecule has 14 heavy (non-hydrogen) atoms. The molecule has 1 saturated heterocycles. The molecule has 1 aliphatic heterocycles. The van der Waals surface area contributed by atoms with Crippen LogP contribution in [0.5, 0.6) is 0 Å². The van der Waals surface area contributed by atoms with E-state index in [1.54, 1.807) is 0 Å². The highest BCUT2D eigenvalue weighted by Gasteiger charge is 2.23. The molecule has 0 saturated carbocycles. The molecule has 2 unspecified atom stereocenters. The number of nitrogens with one attached hydrogen (secondary N) is 1. The summed E-state index contributed by atoms with van der Waals surface area (Å²) in [5, 5.41) is 3.59. The van der Waals surface area contributed by atoms with Gasteiger partial charge < -0.3 is 5.32 Å². The second kappa shape index (κ2) is 5.72. The van der Waals surface area contributed by atoms with E-state index in [0.29, 0.717) is 0 Å². The van der Waals surface area contributed by atoms with Crippen LogP contribution < -0.4 is 5.32 Å². The van der Waals surface area contributed by atoms with Gasteiger partial charge in [-0.3, -0.25) is 4.90 Å². The monoisotopic (exact) mass is 198 g/mol. The van der Waals surface area contributed by atoms with Gasteiger partial charge in [-0.2, -0.15) is 0 Å². The molecule has 84 valence electrons. The van der Waals surface area contributed by atoms with Crippen LogP contribution in [0.3, 0.4) is 0 Å². The van der Waals surface area contributed by atoms with Crippen LogP contribution in [-0.4, -0.2) is 36.6 Å². The van der Waals surface area contributed by atoms with E-state index in [1.807, 2.05) is 0 Å². The normalized spacial score (nSPS) is 29.8. The largest absolute Gasteiger partial charge is 0.311 e. The molecule has 0 aromatic rings. The number of rotatable bonds is 4. The lowest BCUT2D eigenvalue weighted by Gasteiger charge is -2.38. The van der Waals surface area contributed by atoms with Crippen molar-refractivity contribution in [2.45, 2.75) is 52.6 Å². The van der Waals surface area contributed by atoms with Gasteiger partial charge in [-0.15, -0.1) is 0 Å². The van der Waals surface area contributed by atoms with E-state index in [2.05, 4.69) is 37.9 Å². The second-order valence-corrected chi connectivity index (χ2v) is 5.04. The molecule has 2 nitrogen and oxygen atoms in total. The summed E-state index contributed by atoms with van der Waals surface area (Å²) in [4.78, 5) is 2.64. The summed E-state index contributed by atoms with van der Waals surface area (Å²) in [5.74, 6) is 0.831. The van der Waals surface area contributed by atoms with Crippen molar-refractivity contribution in [3.05, 3.63) is 0 Å². The first-order valence-corrected chi connectivity index (χ1v) is 6.11. The summed E-state index contributed by atoms with van der Waals surface area (Å²) in [5.41, 5.74) is 0. The summed E-state index contributed by atoms with van der Waals surface area (Å²) in [7, 11) is 0. The summed E-state index contributed by atoms with van der Waals surface area (Å²) in [6, 6.07) is 1.44. The first kappa shape index (κ1) is 12.0. The molecule has 2 heteroatoms. The SMILES string of the molecule is CCC1CN(CCC(C)C)C(C)CN1. The molecule has 0 aromatic heterocycles. The van der Waals surface area contributed by atoms with Gasteiger partial charge in [0.15, 0.2) is 0 Å².